The lowest BCUT2D eigenvalue weighted by atomic mass is 10.0. The number of ether oxygens (including phenoxy) is 1. The van der Waals surface area contributed by atoms with Gasteiger partial charge in [-0.3, -0.25) is 0 Å². The zero-order valence-corrected chi connectivity index (χ0v) is 13.3. The molecule has 0 saturated carbocycles. The lowest BCUT2D eigenvalue weighted by Gasteiger charge is -2.26. The van der Waals surface area contributed by atoms with Crippen LogP contribution in [0.4, 0.5) is 4.79 Å². The van der Waals surface area contributed by atoms with Crippen LogP contribution in [-0.2, 0) is 17.7 Å². The Hall–Kier alpha value is -1.03. The second-order valence-corrected chi connectivity index (χ2v) is 6.83. The van der Waals surface area contributed by atoms with Crippen molar-refractivity contribution in [2.24, 2.45) is 0 Å². The Morgan fingerprint density at radius 1 is 1.32 bits per heavy atom. The van der Waals surface area contributed by atoms with E-state index in [1.54, 1.807) is 4.90 Å². The fourth-order valence-electron chi connectivity index (χ4n) is 2.21. The Morgan fingerprint density at radius 3 is 2.74 bits per heavy atom. The molecule has 1 aliphatic heterocycles. The molecule has 0 spiro atoms. The first-order valence-corrected chi connectivity index (χ1v) is 7.40. The largest absolute Gasteiger partial charge is 0.444 e. The number of halogens is 1. The van der Waals surface area contributed by atoms with Crippen LogP contribution in [0.2, 0.25) is 0 Å². The Balaban J connectivity index is 2.15. The molecule has 19 heavy (non-hydrogen) atoms. The summed E-state index contributed by atoms with van der Waals surface area (Å²) in [6.07, 6.45) is 1.77. The van der Waals surface area contributed by atoms with Crippen molar-refractivity contribution in [2.45, 2.75) is 45.8 Å². The summed E-state index contributed by atoms with van der Waals surface area (Å²) in [5.74, 6) is 0. The van der Waals surface area contributed by atoms with Crippen molar-refractivity contribution in [3.63, 3.8) is 0 Å². The number of benzene rings is 1. The van der Waals surface area contributed by atoms with Gasteiger partial charge in [-0.1, -0.05) is 22.0 Å². The van der Waals surface area contributed by atoms with Gasteiger partial charge in [0.05, 0.1) is 0 Å². The van der Waals surface area contributed by atoms with E-state index >= 15 is 0 Å². The SMILES string of the molecule is CC(C)(C)OC(=O)N1CCCc2ccc(Br)cc2C1. The molecule has 104 valence electrons. The molecule has 1 aromatic rings. The molecule has 4 heteroatoms. The number of aryl methyl sites for hydroxylation is 1. The number of hydrogen-bond donors (Lipinski definition) is 0. The molecular formula is C15H20BrNO2. The minimum atomic E-state index is -0.441. The second-order valence-electron chi connectivity index (χ2n) is 5.92. The highest BCUT2D eigenvalue weighted by Gasteiger charge is 2.24. The molecule has 0 saturated heterocycles. The summed E-state index contributed by atoms with van der Waals surface area (Å²) in [5, 5.41) is 0. The molecule has 2 rings (SSSR count). The second kappa shape index (κ2) is 5.53. The van der Waals surface area contributed by atoms with Gasteiger partial charge in [-0.2, -0.15) is 0 Å². The Labute approximate surface area is 123 Å². The molecule has 1 heterocycles. The molecule has 1 aliphatic rings. The predicted octanol–water partition coefficient (Wildman–Crippen LogP) is 4.13. The molecule has 0 fully saturated rings. The fourth-order valence-corrected chi connectivity index (χ4v) is 2.62. The van der Waals surface area contributed by atoms with E-state index in [1.807, 2.05) is 20.8 Å². The summed E-state index contributed by atoms with van der Waals surface area (Å²) >= 11 is 3.49. The van der Waals surface area contributed by atoms with Crippen LogP contribution < -0.4 is 0 Å². The van der Waals surface area contributed by atoms with Crippen LogP contribution in [-0.4, -0.2) is 23.1 Å². The predicted molar refractivity (Wildman–Crippen MR) is 79.1 cm³/mol. The fraction of sp³-hybridized carbons (Fsp3) is 0.533. The number of amides is 1. The molecule has 0 atom stereocenters. The molecule has 0 aromatic heterocycles. The number of carbonyl (C=O) groups excluding carboxylic acids is 1. The molecule has 0 aliphatic carbocycles. The molecule has 1 amide bonds. The zero-order chi connectivity index (χ0) is 14.0. The maximum Gasteiger partial charge on any atom is 0.410 e. The summed E-state index contributed by atoms with van der Waals surface area (Å²) in [5.41, 5.74) is 2.09. The lowest BCUT2D eigenvalue weighted by Crippen LogP contribution is -2.36. The van der Waals surface area contributed by atoms with Crippen molar-refractivity contribution in [3.8, 4) is 0 Å². The van der Waals surface area contributed by atoms with E-state index in [4.69, 9.17) is 4.74 Å². The van der Waals surface area contributed by atoms with Gasteiger partial charge in [0, 0.05) is 17.6 Å². The summed E-state index contributed by atoms with van der Waals surface area (Å²) in [4.78, 5) is 13.9. The van der Waals surface area contributed by atoms with Crippen molar-refractivity contribution in [1.29, 1.82) is 0 Å². The van der Waals surface area contributed by atoms with Gasteiger partial charge in [-0.15, -0.1) is 0 Å². The lowest BCUT2D eigenvalue weighted by molar-refractivity contribution is 0.0237. The van der Waals surface area contributed by atoms with Gasteiger partial charge in [0.2, 0.25) is 0 Å². The average molecular weight is 326 g/mol. The van der Waals surface area contributed by atoms with E-state index in [2.05, 4.69) is 34.1 Å². The molecule has 0 unspecified atom stereocenters. The highest BCUT2D eigenvalue weighted by atomic mass is 79.9. The molecule has 0 N–H and O–H groups in total. The first-order chi connectivity index (χ1) is 8.85. The molecule has 0 bridgehead atoms. The van der Waals surface area contributed by atoms with E-state index in [0.717, 1.165) is 23.9 Å². The van der Waals surface area contributed by atoms with Crippen LogP contribution >= 0.6 is 15.9 Å². The quantitative estimate of drug-likeness (QED) is 0.717. The zero-order valence-electron chi connectivity index (χ0n) is 11.7. The van der Waals surface area contributed by atoms with Crippen molar-refractivity contribution in [2.75, 3.05) is 6.54 Å². The van der Waals surface area contributed by atoms with E-state index in [1.165, 1.54) is 11.1 Å². The Morgan fingerprint density at radius 2 is 2.05 bits per heavy atom. The summed E-state index contributed by atoms with van der Waals surface area (Å²) in [6, 6.07) is 6.29. The van der Waals surface area contributed by atoms with Crippen LogP contribution in [0.3, 0.4) is 0 Å². The minimum absolute atomic E-state index is 0.222. The smallest absolute Gasteiger partial charge is 0.410 e. The first kappa shape index (κ1) is 14.4. The van der Waals surface area contributed by atoms with Crippen LogP contribution in [0.25, 0.3) is 0 Å². The minimum Gasteiger partial charge on any atom is -0.444 e. The van der Waals surface area contributed by atoms with Crippen molar-refractivity contribution in [1.82, 2.24) is 4.90 Å². The number of nitrogens with zero attached hydrogens (tertiary/aromatic N) is 1. The van der Waals surface area contributed by atoms with Crippen LogP contribution in [0, 0.1) is 0 Å². The van der Waals surface area contributed by atoms with Gasteiger partial charge in [0.1, 0.15) is 5.60 Å². The van der Waals surface area contributed by atoms with E-state index in [0.29, 0.717) is 6.54 Å². The maximum atomic E-state index is 12.2. The standard InChI is InChI=1S/C15H20BrNO2/c1-15(2,3)19-14(18)17-8-4-5-11-6-7-13(16)9-12(11)10-17/h6-7,9H,4-5,8,10H2,1-3H3. The van der Waals surface area contributed by atoms with Gasteiger partial charge in [-0.05, 0) is 56.9 Å². The molecule has 0 radical (unpaired) electrons. The maximum absolute atomic E-state index is 12.2. The number of rotatable bonds is 0. The summed E-state index contributed by atoms with van der Waals surface area (Å²) in [7, 11) is 0. The van der Waals surface area contributed by atoms with E-state index < -0.39 is 5.60 Å². The summed E-state index contributed by atoms with van der Waals surface area (Å²) < 4.78 is 6.51. The molecule has 3 nitrogen and oxygen atoms in total. The normalized spacial score (nSPS) is 15.7. The van der Waals surface area contributed by atoms with Gasteiger partial charge in [0.25, 0.3) is 0 Å². The van der Waals surface area contributed by atoms with Crippen molar-refractivity contribution < 1.29 is 9.53 Å². The van der Waals surface area contributed by atoms with Gasteiger partial charge < -0.3 is 9.64 Å². The number of fused-ring (bicyclic) bond motifs is 1. The topological polar surface area (TPSA) is 29.5 Å². The molecular weight excluding hydrogens is 306 g/mol. The van der Waals surface area contributed by atoms with Gasteiger partial charge in [0.15, 0.2) is 0 Å². The molecule has 1 aromatic carbocycles. The highest BCUT2D eigenvalue weighted by Crippen LogP contribution is 2.23. The van der Waals surface area contributed by atoms with Crippen LogP contribution in [0.1, 0.15) is 38.3 Å². The van der Waals surface area contributed by atoms with Gasteiger partial charge >= 0.3 is 6.09 Å². The number of hydrogen-bond acceptors (Lipinski definition) is 2. The van der Waals surface area contributed by atoms with Gasteiger partial charge in [-0.25, -0.2) is 4.79 Å². The monoisotopic (exact) mass is 325 g/mol. The highest BCUT2D eigenvalue weighted by molar-refractivity contribution is 9.10. The first-order valence-electron chi connectivity index (χ1n) is 6.60. The third-order valence-electron chi connectivity index (χ3n) is 3.06. The van der Waals surface area contributed by atoms with Crippen molar-refractivity contribution in [3.05, 3.63) is 33.8 Å². The Bertz CT molecular complexity index is 480. The average Bonchev–Trinajstić information content (AvgIpc) is 2.48. The van der Waals surface area contributed by atoms with E-state index in [-0.39, 0.29) is 6.09 Å². The van der Waals surface area contributed by atoms with E-state index in [9.17, 15) is 4.79 Å². The number of carbonyl (C=O) groups is 1. The third-order valence-corrected chi connectivity index (χ3v) is 3.55. The van der Waals surface area contributed by atoms with Crippen LogP contribution in [0.5, 0.6) is 0 Å². The Kier molecular flexibility index (Phi) is 4.19. The van der Waals surface area contributed by atoms with Crippen molar-refractivity contribution >= 4 is 22.0 Å². The summed E-state index contributed by atoms with van der Waals surface area (Å²) in [6.45, 7) is 7.07. The van der Waals surface area contributed by atoms with Crippen LogP contribution in [0.15, 0.2) is 22.7 Å². The third kappa shape index (κ3) is 3.96.